The second kappa shape index (κ2) is 11.1. The molecular weight excluding hydrogens is 412 g/mol. The highest BCUT2D eigenvalue weighted by Crippen LogP contribution is 2.32. The standard InChI is InChI=1S/C24H28N2O6/c1-29-19-6-4-5-7-20(19)32-13-10-25-23(27)9-12-26-11-8-17-14-21(30-2)22(31-3)15-18(17)16-24(26)28/h4-8,11,14-15H,9-10,12-13,16H2,1-3H3,(H,25,27). The third-order valence-corrected chi connectivity index (χ3v) is 5.07. The van der Waals surface area contributed by atoms with Crippen molar-refractivity contribution in [3.63, 3.8) is 0 Å². The zero-order valence-corrected chi connectivity index (χ0v) is 18.6. The maximum absolute atomic E-state index is 12.7. The van der Waals surface area contributed by atoms with Crippen LogP contribution >= 0.6 is 0 Å². The molecule has 0 radical (unpaired) electrons. The number of hydrogen-bond acceptors (Lipinski definition) is 6. The first-order chi connectivity index (χ1) is 15.5. The van der Waals surface area contributed by atoms with Crippen molar-refractivity contribution in [2.75, 3.05) is 41.0 Å². The number of nitrogens with one attached hydrogen (secondary N) is 1. The minimum absolute atomic E-state index is 0.0838. The third-order valence-electron chi connectivity index (χ3n) is 5.07. The van der Waals surface area contributed by atoms with Crippen LogP contribution in [0.25, 0.3) is 6.08 Å². The zero-order valence-electron chi connectivity index (χ0n) is 18.6. The molecule has 1 aliphatic heterocycles. The van der Waals surface area contributed by atoms with E-state index in [1.54, 1.807) is 38.5 Å². The van der Waals surface area contributed by atoms with Gasteiger partial charge in [-0.25, -0.2) is 0 Å². The van der Waals surface area contributed by atoms with Crippen LogP contribution in [0, 0.1) is 0 Å². The van der Waals surface area contributed by atoms with E-state index in [9.17, 15) is 9.59 Å². The molecule has 0 aromatic heterocycles. The van der Waals surface area contributed by atoms with Crippen LogP contribution in [-0.4, -0.2) is 57.7 Å². The number of nitrogens with zero attached hydrogens (tertiary/aromatic N) is 1. The van der Waals surface area contributed by atoms with Crippen LogP contribution in [0.4, 0.5) is 0 Å². The molecule has 2 aromatic carbocycles. The number of fused-ring (bicyclic) bond motifs is 1. The fourth-order valence-electron chi connectivity index (χ4n) is 3.36. The van der Waals surface area contributed by atoms with E-state index in [2.05, 4.69) is 5.32 Å². The average Bonchev–Trinajstić information content (AvgIpc) is 2.97. The topological polar surface area (TPSA) is 86.3 Å². The Morgan fingerprint density at radius 1 is 1.00 bits per heavy atom. The van der Waals surface area contributed by atoms with Gasteiger partial charge in [-0.05, 0) is 41.5 Å². The summed E-state index contributed by atoms with van der Waals surface area (Å²) in [6.45, 7) is 0.954. The van der Waals surface area contributed by atoms with Crippen LogP contribution in [0.2, 0.25) is 0 Å². The van der Waals surface area contributed by atoms with Crippen molar-refractivity contribution in [1.29, 1.82) is 0 Å². The van der Waals surface area contributed by atoms with E-state index in [0.717, 1.165) is 11.1 Å². The minimum atomic E-state index is -0.153. The Hall–Kier alpha value is -3.68. The summed E-state index contributed by atoms with van der Waals surface area (Å²) in [4.78, 5) is 26.4. The number of para-hydroxylation sites is 2. The molecule has 0 unspecified atom stereocenters. The lowest BCUT2D eigenvalue weighted by molar-refractivity contribution is -0.128. The van der Waals surface area contributed by atoms with Gasteiger partial charge in [0.05, 0.1) is 34.3 Å². The smallest absolute Gasteiger partial charge is 0.230 e. The Kier molecular flexibility index (Phi) is 7.96. The maximum atomic E-state index is 12.7. The Morgan fingerprint density at radius 2 is 1.69 bits per heavy atom. The van der Waals surface area contributed by atoms with Gasteiger partial charge in [0.2, 0.25) is 11.8 Å². The summed E-state index contributed by atoms with van der Waals surface area (Å²) in [5, 5.41) is 2.81. The van der Waals surface area contributed by atoms with E-state index in [4.69, 9.17) is 18.9 Å². The Morgan fingerprint density at radius 3 is 2.41 bits per heavy atom. The highest BCUT2D eigenvalue weighted by molar-refractivity contribution is 5.85. The second-order valence-corrected chi connectivity index (χ2v) is 7.08. The first-order valence-corrected chi connectivity index (χ1v) is 10.3. The number of rotatable bonds is 10. The van der Waals surface area contributed by atoms with Crippen molar-refractivity contribution in [1.82, 2.24) is 10.2 Å². The molecule has 0 fully saturated rings. The molecule has 0 spiro atoms. The van der Waals surface area contributed by atoms with Crippen molar-refractivity contribution in [3.8, 4) is 23.0 Å². The predicted octanol–water partition coefficient (Wildman–Crippen LogP) is 2.65. The lowest BCUT2D eigenvalue weighted by atomic mass is 10.0. The van der Waals surface area contributed by atoms with Crippen LogP contribution in [0.15, 0.2) is 42.6 Å². The molecule has 32 heavy (non-hydrogen) atoms. The first kappa shape index (κ1) is 23.0. The van der Waals surface area contributed by atoms with Gasteiger partial charge in [-0.15, -0.1) is 0 Å². The quantitative estimate of drug-likeness (QED) is 0.572. The molecule has 2 aromatic rings. The van der Waals surface area contributed by atoms with Crippen molar-refractivity contribution < 1.29 is 28.5 Å². The van der Waals surface area contributed by atoms with Crippen molar-refractivity contribution in [2.45, 2.75) is 12.8 Å². The highest BCUT2D eigenvalue weighted by Gasteiger charge is 2.20. The van der Waals surface area contributed by atoms with E-state index in [1.165, 1.54) is 0 Å². The van der Waals surface area contributed by atoms with Crippen molar-refractivity contribution in [2.24, 2.45) is 0 Å². The van der Waals surface area contributed by atoms with Gasteiger partial charge in [0.15, 0.2) is 23.0 Å². The summed E-state index contributed by atoms with van der Waals surface area (Å²) in [5.74, 6) is 2.21. The van der Waals surface area contributed by atoms with Gasteiger partial charge in [-0.1, -0.05) is 12.1 Å². The molecule has 8 nitrogen and oxygen atoms in total. The number of carbonyl (C=O) groups excluding carboxylic acids is 2. The Bertz CT molecular complexity index is 988. The lowest BCUT2D eigenvalue weighted by Gasteiger charge is -2.17. The van der Waals surface area contributed by atoms with Crippen LogP contribution < -0.4 is 24.3 Å². The Labute approximate surface area is 187 Å². The minimum Gasteiger partial charge on any atom is -0.493 e. The Balaban J connectivity index is 1.48. The fourth-order valence-corrected chi connectivity index (χ4v) is 3.36. The van der Waals surface area contributed by atoms with Crippen LogP contribution in [0.1, 0.15) is 17.5 Å². The summed E-state index contributed by atoms with van der Waals surface area (Å²) in [5.41, 5.74) is 1.74. The molecule has 3 rings (SSSR count). The molecule has 170 valence electrons. The molecular formula is C24H28N2O6. The average molecular weight is 440 g/mol. The molecule has 0 aliphatic carbocycles. The summed E-state index contributed by atoms with van der Waals surface area (Å²) in [7, 11) is 4.71. The largest absolute Gasteiger partial charge is 0.493 e. The molecule has 1 heterocycles. The van der Waals surface area contributed by atoms with Gasteiger partial charge in [-0.3, -0.25) is 9.59 Å². The van der Waals surface area contributed by atoms with Gasteiger partial charge >= 0.3 is 0 Å². The summed E-state index contributed by atoms with van der Waals surface area (Å²) < 4.78 is 21.5. The van der Waals surface area contributed by atoms with Crippen molar-refractivity contribution >= 4 is 17.9 Å². The zero-order chi connectivity index (χ0) is 22.9. The summed E-state index contributed by atoms with van der Waals surface area (Å²) >= 11 is 0. The highest BCUT2D eigenvalue weighted by atomic mass is 16.5. The molecule has 2 amide bonds. The van der Waals surface area contributed by atoms with Crippen LogP contribution in [0.3, 0.4) is 0 Å². The molecule has 8 heteroatoms. The molecule has 1 aliphatic rings. The molecule has 1 N–H and O–H groups in total. The van der Waals surface area contributed by atoms with E-state index in [1.807, 2.05) is 36.4 Å². The van der Waals surface area contributed by atoms with E-state index in [-0.39, 0.29) is 31.2 Å². The summed E-state index contributed by atoms with van der Waals surface area (Å²) in [6.07, 6.45) is 3.96. The molecule has 0 saturated carbocycles. The number of methoxy groups -OCH3 is 3. The van der Waals surface area contributed by atoms with E-state index >= 15 is 0 Å². The van der Waals surface area contributed by atoms with Gasteiger partial charge in [0, 0.05) is 19.2 Å². The number of ether oxygens (including phenoxy) is 4. The predicted molar refractivity (Wildman–Crippen MR) is 120 cm³/mol. The van der Waals surface area contributed by atoms with Crippen molar-refractivity contribution in [3.05, 3.63) is 53.7 Å². The molecule has 0 atom stereocenters. The lowest BCUT2D eigenvalue weighted by Crippen LogP contribution is -2.33. The van der Waals surface area contributed by atoms with Crippen LogP contribution in [0.5, 0.6) is 23.0 Å². The van der Waals surface area contributed by atoms with E-state index < -0.39 is 0 Å². The third kappa shape index (κ3) is 5.72. The number of amides is 2. The first-order valence-electron chi connectivity index (χ1n) is 10.3. The molecule has 0 saturated heterocycles. The van der Waals surface area contributed by atoms with Gasteiger partial charge in [-0.2, -0.15) is 0 Å². The SMILES string of the molecule is COc1cc2c(cc1OC)CC(=O)N(CCC(=O)NCCOc1ccccc1OC)C=C2. The number of carbonyl (C=O) groups is 2. The fraction of sp³-hybridized carbons (Fsp3) is 0.333. The number of benzene rings is 2. The van der Waals surface area contributed by atoms with Gasteiger partial charge in [0.25, 0.3) is 0 Å². The maximum Gasteiger partial charge on any atom is 0.230 e. The summed E-state index contributed by atoms with van der Waals surface area (Å²) in [6, 6.07) is 11.0. The number of hydrogen-bond donors (Lipinski definition) is 1. The molecule has 0 bridgehead atoms. The van der Waals surface area contributed by atoms with Crippen LogP contribution in [-0.2, 0) is 16.0 Å². The van der Waals surface area contributed by atoms with Gasteiger partial charge in [0.1, 0.15) is 6.61 Å². The monoisotopic (exact) mass is 440 g/mol. The second-order valence-electron chi connectivity index (χ2n) is 7.08. The van der Waals surface area contributed by atoms with E-state index in [0.29, 0.717) is 36.1 Å². The van der Waals surface area contributed by atoms with Gasteiger partial charge < -0.3 is 29.2 Å². The normalized spacial score (nSPS) is 12.6.